The standard InChI is InChI=1S/C27H24N4O2.C2HF3O2/c1-18(31-33-17-19-6-3-2-4-7-19)20-8-5-9-21(14-20)25-15-22(10-12-28-25)26-16-23-24(30-26)11-13-29-27(23)32;3-2(4,5)1(6)7/h2-10,12,14-16,30H,11,13,17H2,1H3,(H,29,32);(H,6,7). The van der Waals surface area contributed by atoms with Gasteiger partial charge in [0, 0.05) is 41.7 Å². The molecule has 0 fully saturated rings. The zero-order valence-corrected chi connectivity index (χ0v) is 21.3. The van der Waals surface area contributed by atoms with Gasteiger partial charge in [-0.05, 0) is 42.3 Å². The van der Waals surface area contributed by atoms with Crippen LogP contribution >= 0.6 is 0 Å². The number of nitrogens with one attached hydrogen (secondary N) is 2. The second-order valence-electron chi connectivity index (χ2n) is 8.83. The van der Waals surface area contributed by atoms with Gasteiger partial charge in [0.05, 0.1) is 17.0 Å². The summed E-state index contributed by atoms with van der Waals surface area (Å²) in [5, 5.41) is 14.3. The molecule has 1 amide bonds. The Morgan fingerprint density at radius 3 is 2.50 bits per heavy atom. The highest BCUT2D eigenvalue weighted by atomic mass is 19.4. The summed E-state index contributed by atoms with van der Waals surface area (Å²) in [6.45, 7) is 3.03. The molecule has 3 heterocycles. The molecule has 4 aromatic rings. The smallest absolute Gasteiger partial charge is 0.475 e. The number of amides is 1. The number of nitrogens with zero attached hydrogens (tertiary/aromatic N) is 2. The number of rotatable bonds is 6. The number of aliphatic carboxylic acids is 1. The quantitative estimate of drug-likeness (QED) is 0.213. The van der Waals surface area contributed by atoms with Crippen LogP contribution in [0.1, 0.15) is 34.1 Å². The van der Waals surface area contributed by atoms with E-state index in [0.29, 0.717) is 13.2 Å². The summed E-state index contributed by atoms with van der Waals surface area (Å²) in [4.78, 5) is 34.5. The monoisotopic (exact) mass is 550 g/mol. The predicted octanol–water partition coefficient (Wildman–Crippen LogP) is 5.60. The Labute approximate surface area is 227 Å². The van der Waals surface area contributed by atoms with Crippen LogP contribution < -0.4 is 5.32 Å². The van der Waals surface area contributed by atoms with Crippen LogP contribution in [0.5, 0.6) is 0 Å². The lowest BCUT2D eigenvalue weighted by atomic mass is 10.0. The highest BCUT2D eigenvalue weighted by Crippen LogP contribution is 2.27. The van der Waals surface area contributed by atoms with Gasteiger partial charge in [-0.15, -0.1) is 0 Å². The number of carboxylic acid groups (broad SMARTS) is 1. The molecule has 0 saturated carbocycles. The van der Waals surface area contributed by atoms with E-state index >= 15 is 0 Å². The number of aromatic amines is 1. The molecule has 8 nitrogen and oxygen atoms in total. The molecule has 0 spiro atoms. The fourth-order valence-electron chi connectivity index (χ4n) is 3.94. The lowest BCUT2D eigenvalue weighted by molar-refractivity contribution is -0.192. The first-order valence-corrected chi connectivity index (χ1v) is 12.2. The van der Waals surface area contributed by atoms with Gasteiger partial charge in [-0.2, -0.15) is 13.2 Å². The molecular formula is C29H25F3N4O4. The maximum atomic E-state index is 12.1. The highest BCUT2D eigenvalue weighted by molar-refractivity contribution is 5.99. The molecule has 3 N–H and O–H groups in total. The number of carboxylic acids is 1. The summed E-state index contributed by atoms with van der Waals surface area (Å²) in [6.07, 6.45) is -2.48. The minimum absolute atomic E-state index is 0.0232. The van der Waals surface area contributed by atoms with Crippen molar-refractivity contribution in [1.29, 1.82) is 0 Å². The van der Waals surface area contributed by atoms with Gasteiger partial charge in [0.25, 0.3) is 5.91 Å². The van der Waals surface area contributed by atoms with Gasteiger partial charge >= 0.3 is 12.1 Å². The van der Waals surface area contributed by atoms with Crippen LogP contribution in [0.25, 0.3) is 22.5 Å². The lowest BCUT2D eigenvalue weighted by Gasteiger charge is -2.11. The number of halogens is 3. The average molecular weight is 551 g/mol. The molecule has 0 saturated heterocycles. The van der Waals surface area contributed by atoms with Crippen LogP contribution in [0.3, 0.4) is 0 Å². The SMILES string of the molecule is CC(=NOCc1ccccc1)c1cccc(-c2cc(-c3cc4c([nH]3)CCNC4=O)ccn2)c1.O=C(O)C(F)(F)F. The molecule has 0 atom stereocenters. The zero-order chi connectivity index (χ0) is 28.7. The second kappa shape index (κ2) is 12.3. The molecule has 206 valence electrons. The number of aromatic nitrogens is 2. The van der Waals surface area contributed by atoms with E-state index in [1.165, 1.54) is 0 Å². The molecule has 1 aliphatic heterocycles. The van der Waals surface area contributed by atoms with Gasteiger partial charge in [0.1, 0.15) is 6.61 Å². The third-order valence-electron chi connectivity index (χ3n) is 5.97. The molecule has 0 bridgehead atoms. The molecule has 11 heteroatoms. The number of alkyl halides is 3. The number of H-pyrrole nitrogens is 1. The predicted molar refractivity (Wildman–Crippen MR) is 143 cm³/mol. The van der Waals surface area contributed by atoms with Crippen molar-refractivity contribution in [3.8, 4) is 22.5 Å². The normalized spacial score (nSPS) is 13.0. The molecule has 40 heavy (non-hydrogen) atoms. The number of oxime groups is 1. The Morgan fingerprint density at radius 1 is 1.05 bits per heavy atom. The summed E-state index contributed by atoms with van der Waals surface area (Å²) in [6, 6.07) is 24.0. The van der Waals surface area contributed by atoms with Crippen LogP contribution in [-0.4, -0.2) is 45.4 Å². The first-order chi connectivity index (χ1) is 19.1. The van der Waals surface area contributed by atoms with E-state index in [4.69, 9.17) is 14.7 Å². The number of pyridine rings is 1. The molecule has 0 unspecified atom stereocenters. The fourth-order valence-corrected chi connectivity index (χ4v) is 3.94. The van der Waals surface area contributed by atoms with Gasteiger partial charge in [-0.3, -0.25) is 9.78 Å². The summed E-state index contributed by atoms with van der Waals surface area (Å²) < 4.78 is 31.7. The van der Waals surface area contributed by atoms with Gasteiger partial charge < -0.3 is 20.2 Å². The van der Waals surface area contributed by atoms with Gasteiger partial charge in [0.2, 0.25) is 0 Å². The lowest BCUT2D eigenvalue weighted by Crippen LogP contribution is -2.31. The number of carbonyl (C=O) groups is 2. The van der Waals surface area contributed by atoms with Crippen LogP contribution in [0.4, 0.5) is 13.2 Å². The van der Waals surface area contributed by atoms with Crippen LogP contribution in [-0.2, 0) is 22.7 Å². The van der Waals surface area contributed by atoms with Crippen molar-refractivity contribution in [2.45, 2.75) is 26.1 Å². The maximum absolute atomic E-state index is 12.1. The topological polar surface area (TPSA) is 117 Å². The van der Waals surface area contributed by atoms with Crippen molar-refractivity contribution in [1.82, 2.24) is 15.3 Å². The first-order valence-electron chi connectivity index (χ1n) is 12.2. The molecule has 1 aliphatic rings. The summed E-state index contributed by atoms with van der Waals surface area (Å²) >= 11 is 0. The number of hydrogen-bond acceptors (Lipinski definition) is 5. The Hall–Kier alpha value is -4.93. The minimum Gasteiger partial charge on any atom is -0.475 e. The number of fused-ring (bicyclic) bond motifs is 1. The molecule has 0 radical (unpaired) electrons. The van der Waals surface area contributed by atoms with Crippen LogP contribution in [0, 0.1) is 0 Å². The summed E-state index contributed by atoms with van der Waals surface area (Å²) in [5.41, 5.74) is 8.30. The van der Waals surface area contributed by atoms with Crippen molar-refractivity contribution in [2.24, 2.45) is 5.16 Å². The average Bonchev–Trinajstić information content (AvgIpc) is 3.40. The van der Waals surface area contributed by atoms with E-state index in [-0.39, 0.29) is 5.91 Å². The molecule has 2 aromatic heterocycles. The third-order valence-corrected chi connectivity index (χ3v) is 5.97. The molecular weight excluding hydrogens is 525 g/mol. The van der Waals surface area contributed by atoms with Gasteiger partial charge in [-0.1, -0.05) is 53.7 Å². The van der Waals surface area contributed by atoms with E-state index in [0.717, 1.165) is 57.0 Å². The van der Waals surface area contributed by atoms with Gasteiger partial charge in [0.15, 0.2) is 0 Å². The van der Waals surface area contributed by atoms with Crippen molar-refractivity contribution in [2.75, 3.05) is 6.54 Å². The van der Waals surface area contributed by atoms with Crippen LogP contribution in [0.2, 0.25) is 0 Å². The van der Waals surface area contributed by atoms with E-state index in [9.17, 15) is 18.0 Å². The number of carbonyl (C=O) groups excluding carboxylic acids is 1. The Morgan fingerprint density at radius 2 is 1.80 bits per heavy atom. The Kier molecular flexibility index (Phi) is 8.63. The summed E-state index contributed by atoms with van der Waals surface area (Å²) in [7, 11) is 0. The Bertz CT molecular complexity index is 1530. The van der Waals surface area contributed by atoms with E-state index in [2.05, 4.69) is 26.5 Å². The molecule has 0 aliphatic carbocycles. The van der Waals surface area contributed by atoms with Crippen molar-refractivity contribution >= 4 is 17.6 Å². The third kappa shape index (κ3) is 7.13. The number of benzene rings is 2. The minimum atomic E-state index is -5.08. The largest absolute Gasteiger partial charge is 0.490 e. The van der Waals surface area contributed by atoms with E-state index < -0.39 is 12.1 Å². The van der Waals surface area contributed by atoms with Crippen LogP contribution in [0.15, 0.2) is 84.1 Å². The fraction of sp³-hybridized carbons (Fsp3) is 0.172. The molecule has 2 aromatic carbocycles. The van der Waals surface area contributed by atoms with Crippen molar-refractivity contribution < 1.29 is 32.7 Å². The second-order valence-corrected chi connectivity index (χ2v) is 8.83. The first kappa shape index (κ1) is 28.1. The van der Waals surface area contributed by atoms with Crippen molar-refractivity contribution in [3.05, 3.63) is 101 Å². The Balaban J connectivity index is 0.000000470. The maximum Gasteiger partial charge on any atom is 0.490 e. The molecule has 5 rings (SSSR count). The van der Waals surface area contributed by atoms with E-state index in [1.807, 2.05) is 73.7 Å². The van der Waals surface area contributed by atoms with Gasteiger partial charge in [-0.25, -0.2) is 4.79 Å². The zero-order valence-electron chi connectivity index (χ0n) is 21.3. The highest BCUT2D eigenvalue weighted by Gasteiger charge is 2.38. The van der Waals surface area contributed by atoms with Crippen molar-refractivity contribution in [3.63, 3.8) is 0 Å². The van der Waals surface area contributed by atoms with E-state index in [1.54, 1.807) is 6.20 Å². The number of hydrogen-bond donors (Lipinski definition) is 3. The summed E-state index contributed by atoms with van der Waals surface area (Å²) in [5.74, 6) is -2.78.